The summed E-state index contributed by atoms with van der Waals surface area (Å²) < 4.78 is 11.6. The normalized spacial score (nSPS) is 18.1. The van der Waals surface area contributed by atoms with Crippen LogP contribution >= 0.6 is 0 Å². The van der Waals surface area contributed by atoms with Crippen molar-refractivity contribution in [3.63, 3.8) is 0 Å². The third-order valence-electron chi connectivity index (χ3n) is 6.24. The molecule has 1 saturated heterocycles. The highest BCUT2D eigenvalue weighted by molar-refractivity contribution is 5.70. The van der Waals surface area contributed by atoms with E-state index in [9.17, 15) is 4.79 Å². The second kappa shape index (κ2) is 8.43. The van der Waals surface area contributed by atoms with Crippen LogP contribution in [0.2, 0.25) is 0 Å². The Kier molecular flexibility index (Phi) is 5.88. The van der Waals surface area contributed by atoms with Crippen LogP contribution in [0.15, 0.2) is 48.5 Å². The molecule has 0 saturated carbocycles. The molecule has 2 aromatic carbocycles. The van der Waals surface area contributed by atoms with Crippen LogP contribution in [0.1, 0.15) is 56.7 Å². The van der Waals surface area contributed by atoms with Gasteiger partial charge in [-0.2, -0.15) is 0 Å². The molecular weight excluding hydrogens is 374 g/mol. The minimum atomic E-state index is -0.409. The predicted octanol–water partition coefficient (Wildman–Crippen LogP) is 4.74. The Morgan fingerprint density at radius 3 is 2.50 bits per heavy atom. The Balaban J connectivity index is 1.34. The summed E-state index contributed by atoms with van der Waals surface area (Å²) in [7, 11) is 0. The maximum absolute atomic E-state index is 12.0. The second-order valence-corrected chi connectivity index (χ2v) is 9.74. The van der Waals surface area contributed by atoms with Crippen LogP contribution in [0, 0.1) is 0 Å². The molecule has 0 amide bonds. The van der Waals surface area contributed by atoms with Gasteiger partial charge in [-0.15, -0.1) is 0 Å². The number of fused-ring (bicyclic) bond motifs is 2. The number of ether oxygens (including phenoxy) is 2. The van der Waals surface area contributed by atoms with Gasteiger partial charge in [0, 0.05) is 17.5 Å². The lowest BCUT2D eigenvalue weighted by atomic mass is 9.74. The van der Waals surface area contributed by atoms with Crippen molar-refractivity contribution in [2.45, 2.75) is 57.5 Å². The number of esters is 1. The molecule has 2 aromatic rings. The molecule has 160 valence electrons. The number of rotatable bonds is 5. The summed E-state index contributed by atoms with van der Waals surface area (Å²) in [6.45, 7) is 9.29. The van der Waals surface area contributed by atoms with Gasteiger partial charge in [-0.3, -0.25) is 4.79 Å². The van der Waals surface area contributed by atoms with Gasteiger partial charge in [0.25, 0.3) is 0 Å². The van der Waals surface area contributed by atoms with Crippen LogP contribution in [-0.4, -0.2) is 42.7 Å². The zero-order chi connectivity index (χ0) is 21.2. The van der Waals surface area contributed by atoms with Crippen molar-refractivity contribution in [3.05, 3.63) is 65.2 Å². The first-order chi connectivity index (χ1) is 14.3. The fourth-order valence-corrected chi connectivity index (χ4v) is 4.62. The van der Waals surface area contributed by atoms with Crippen LogP contribution in [0.4, 0.5) is 0 Å². The molecule has 4 nitrogen and oxygen atoms in total. The molecule has 4 heteroatoms. The molecule has 1 fully saturated rings. The van der Waals surface area contributed by atoms with Gasteiger partial charge >= 0.3 is 5.97 Å². The minimum Gasteiger partial charge on any atom is -0.492 e. The lowest BCUT2D eigenvalue weighted by molar-refractivity contribution is -0.155. The molecule has 0 aliphatic carbocycles. The van der Waals surface area contributed by atoms with Crippen LogP contribution in [0.3, 0.4) is 0 Å². The minimum absolute atomic E-state index is 0.108. The third kappa shape index (κ3) is 4.86. The summed E-state index contributed by atoms with van der Waals surface area (Å²) in [4.78, 5) is 14.4. The molecular formula is C26H33NO3. The summed E-state index contributed by atoms with van der Waals surface area (Å²) in [5.41, 5.74) is 3.71. The molecule has 0 N–H and O–H groups in total. The smallest absolute Gasteiger partial charge is 0.307 e. The summed E-state index contributed by atoms with van der Waals surface area (Å²) in [5, 5.41) is 0. The zero-order valence-electron chi connectivity index (χ0n) is 18.4. The summed E-state index contributed by atoms with van der Waals surface area (Å²) in [5.74, 6) is 0.953. The highest BCUT2D eigenvalue weighted by Gasteiger charge is 2.43. The number of carbonyl (C=O) groups excluding carboxylic acids is 1. The van der Waals surface area contributed by atoms with E-state index in [-0.39, 0.29) is 11.4 Å². The van der Waals surface area contributed by atoms with E-state index >= 15 is 0 Å². The van der Waals surface area contributed by atoms with Gasteiger partial charge in [-0.25, -0.2) is 0 Å². The van der Waals surface area contributed by atoms with E-state index in [2.05, 4.69) is 53.4 Å². The monoisotopic (exact) mass is 407 g/mol. The Morgan fingerprint density at radius 1 is 1.07 bits per heavy atom. The first-order valence-corrected chi connectivity index (χ1v) is 11.1. The lowest BCUT2D eigenvalue weighted by Gasteiger charge is -2.38. The SMILES string of the molecule is CC(C)(C)OC(=O)CCN1CCC2(CC1)COc1cc(Cc3ccccc3)ccc12. The molecule has 30 heavy (non-hydrogen) atoms. The molecule has 2 heterocycles. The predicted molar refractivity (Wildman–Crippen MR) is 119 cm³/mol. The van der Waals surface area contributed by atoms with Crippen LogP contribution in [0.25, 0.3) is 0 Å². The number of likely N-dealkylation sites (tertiary alicyclic amines) is 1. The van der Waals surface area contributed by atoms with Gasteiger partial charge in [0.2, 0.25) is 0 Å². The van der Waals surface area contributed by atoms with Gasteiger partial charge in [0.15, 0.2) is 0 Å². The van der Waals surface area contributed by atoms with Crippen molar-refractivity contribution in [2.75, 3.05) is 26.2 Å². The van der Waals surface area contributed by atoms with Crippen molar-refractivity contribution in [2.24, 2.45) is 0 Å². The molecule has 1 spiro atoms. The number of carbonyl (C=O) groups is 1. The summed E-state index contributed by atoms with van der Waals surface area (Å²) in [6.07, 6.45) is 3.54. The molecule has 2 aliphatic rings. The highest BCUT2D eigenvalue weighted by Crippen LogP contribution is 2.46. The zero-order valence-corrected chi connectivity index (χ0v) is 18.4. The van der Waals surface area contributed by atoms with Crippen molar-refractivity contribution in [1.82, 2.24) is 4.90 Å². The van der Waals surface area contributed by atoms with Crippen LogP contribution < -0.4 is 4.74 Å². The molecule has 0 radical (unpaired) electrons. The van der Waals surface area contributed by atoms with E-state index in [0.29, 0.717) is 6.42 Å². The Hall–Kier alpha value is -2.33. The molecule has 2 aliphatic heterocycles. The van der Waals surface area contributed by atoms with E-state index in [0.717, 1.165) is 51.3 Å². The van der Waals surface area contributed by atoms with Gasteiger partial charge in [-0.05, 0) is 70.3 Å². The fraction of sp³-hybridized carbons (Fsp3) is 0.500. The Morgan fingerprint density at radius 2 is 1.80 bits per heavy atom. The van der Waals surface area contributed by atoms with E-state index < -0.39 is 5.60 Å². The number of benzene rings is 2. The number of piperidine rings is 1. The topological polar surface area (TPSA) is 38.8 Å². The van der Waals surface area contributed by atoms with Crippen molar-refractivity contribution >= 4 is 5.97 Å². The average Bonchev–Trinajstić information content (AvgIpc) is 3.05. The standard InChI is InChI=1S/C26H33NO3/c1-25(2,3)30-24(28)11-14-27-15-12-26(13-16-27)19-29-23-18-21(9-10-22(23)26)17-20-7-5-4-6-8-20/h4-10,18H,11-17,19H2,1-3H3. The van der Waals surface area contributed by atoms with E-state index in [4.69, 9.17) is 9.47 Å². The van der Waals surface area contributed by atoms with Gasteiger partial charge in [0.05, 0.1) is 13.0 Å². The van der Waals surface area contributed by atoms with E-state index in [1.807, 2.05) is 20.8 Å². The number of hydrogen-bond donors (Lipinski definition) is 0. The van der Waals surface area contributed by atoms with Crippen LogP contribution in [0.5, 0.6) is 5.75 Å². The van der Waals surface area contributed by atoms with Crippen molar-refractivity contribution in [3.8, 4) is 5.75 Å². The number of nitrogens with zero attached hydrogens (tertiary/aromatic N) is 1. The Labute approximate surface area is 180 Å². The molecule has 4 rings (SSSR count). The van der Waals surface area contributed by atoms with Crippen molar-refractivity contribution in [1.29, 1.82) is 0 Å². The first-order valence-electron chi connectivity index (χ1n) is 11.1. The second-order valence-electron chi connectivity index (χ2n) is 9.74. The highest BCUT2D eigenvalue weighted by atomic mass is 16.6. The van der Waals surface area contributed by atoms with Crippen LogP contribution in [-0.2, 0) is 21.4 Å². The largest absolute Gasteiger partial charge is 0.492 e. The van der Waals surface area contributed by atoms with Crippen molar-refractivity contribution < 1.29 is 14.3 Å². The molecule has 0 aromatic heterocycles. The van der Waals surface area contributed by atoms with E-state index in [1.54, 1.807) is 0 Å². The quantitative estimate of drug-likeness (QED) is 0.672. The molecule has 0 atom stereocenters. The third-order valence-corrected chi connectivity index (χ3v) is 6.24. The lowest BCUT2D eigenvalue weighted by Crippen LogP contribution is -2.44. The molecule has 0 bridgehead atoms. The van der Waals surface area contributed by atoms with E-state index in [1.165, 1.54) is 16.7 Å². The van der Waals surface area contributed by atoms with Gasteiger partial charge in [-0.1, -0.05) is 42.5 Å². The molecule has 0 unspecified atom stereocenters. The fourth-order valence-electron chi connectivity index (χ4n) is 4.62. The first kappa shape index (κ1) is 20.9. The van der Waals surface area contributed by atoms with Gasteiger partial charge in [0.1, 0.15) is 11.4 Å². The number of hydrogen-bond acceptors (Lipinski definition) is 4. The summed E-state index contributed by atoms with van der Waals surface area (Å²) in [6, 6.07) is 17.3. The van der Waals surface area contributed by atoms with Gasteiger partial charge < -0.3 is 14.4 Å². The summed E-state index contributed by atoms with van der Waals surface area (Å²) >= 11 is 0. The maximum atomic E-state index is 12.0. The average molecular weight is 408 g/mol. The Bertz CT molecular complexity index is 877. The maximum Gasteiger partial charge on any atom is 0.307 e.